The molecule has 1 aliphatic carbocycles. The van der Waals surface area contributed by atoms with Crippen LogP contribution in [0.5, 0.6) is 5.75 Å². The summed E-state index contributed by atoms with van der Waals surface area (Å²) in [4.78, 5) is 38.7. The van der Waals surface area contributed by atoms with E-state index in [1.54, 1.807) is 19.2 Å². The molecule has 0 spiro atoms. The van der Waals surface area contributed by atoms with E-state index in [0.29, 0.717) is 5.75 Å². The van der Waals surface area contributed by atoms with Crippen LogP contribution in [0.15, 0.2) is 48.5 Å². The topological polar surface area (TPSA) is 87.7 Å². The third-order valence-electron chi connectivity index (χ3n) is 5.97. The Morgan fingerprint density at radius 2 is 1.94 bits per heavy atom. The molecule has 1 saturated heterocycles. The van der Waals surface area contributed by atoms with Crippen molar-refractivity contribution in [1.82, 2.24) is 15.5 Å². The summed E-state index contributed by atoms with van der Waals surface area (Å²) < 4.78 is 5.13. The van der Waals surface area contributed by atoms with E-state index in [-0.39, 0.29) is 37.2 Å². The molecule has 7 heteroatoms. The summed E-state index contributed by atoms with van der Waals surface area (Å²) >= 11 is 0. The minimum Gasteiger partial charge on any atom is -0.497 e. The number of nitrogens with zero attached hydrogens (tertiary/aromatic N) is 1. The first kappa shape index (κ1) is 20.9. The van der Waals surface area contributed by atoms with Crippen molar-refractivity contribution in [3.05, 3.63) is 65.2 Å². The predicted octanol–water partition coefficient (Wildman–Crippen LogP) is 3.09. The Bertz CT molecular complexity index is 973. The molecule has 0 aromatic heterocycles. The van der Waals surface area contributed by atoms with Gasteiger partial charge in [-0.1, -0.05) is 36.4 Å². The molecule has 1 aliphatic heterocycles. The van der Waals surface area contributed by atoms with Gasteiger partial charge in [0.05, 0.1) is 19.7 Å². The lowest BCUT2D eigenvalue weighted by atomic mass is 9.87. The van der Waals surface area contributed by atoms with Crippen molar-refractivity contribution in [2.24, 2.45) is 0 Å². The van der Waals surface area contributed by atoms with Crippen LogP contribution >= 0.6 is 0 Å². The van der Waals surface area contributed by atoms with Gasteiger partial charge in [0.2, 0.25) is 5.91 Å². The van der Waals surface area contributed by atoms with Crippen molar-refractivity contribution >= 4 is 17.8 Å². The number of benzene rings is 2. The number of imide groups is 1. The Labute approximate surface area is 181 Å². The van der Waals surface area contributed by atoms with E-state index < -0.39 is 12.1 Å². The molecule has 2 aromatic carbocycles. The molecule has 0 bridgehead atoms. The molecule has 0 unspecified atom stereocenters. The highest BCUT2D eigenvalue weighted by molar-refractivity contribution is 6.04. The number of fused-ring (bicyclic) bond motifs is 1. The van der Waals surface area contributed by atoms with Crippen LogP contribution in [0.3, 0.4) is 0 Å². The Morgan fingerprint density at radius 1 is 1.16 bits per heavy atom. The molecule has 7 nitrogen and oxygen atoms in total. The van der Waals surface area contributed by atoms with Crippen LogP contribution in [0.2, 0.25) is 0 Å². The van der Waals surface area contributed by atoms with Gasteiger partial charge in [0.1, 0.15) is 11.8 Å². The van der Waals surface area contributed by atoms with Gasteiger partial charge in [0, 0.05) is 6.42 Å². The second kappa shape index (κ2) is 9.20. The molecular weight excluding hydrogens is 394 g/mol. The fourth-order valence-electron chi connectivity index (χ4n) is 4.28. The van der Waals surface area contributed by atoms with Crippen molar-refractivity contribution in [2.75, 3.05) is 7.11 Å². The van der Waals surface area contributed by atoms with E-state index in [4.69, 9.17) is 4.74 Å². The first-order valence-electron chi connectivity index (χ1n) is 10.7. The van der Waals surface area contributed by atoms with Crippen molar-refractivity contribution in [2.45, 2.75) is 50.7 Å². The Balaban J connectivity index is 1.30. The van der Waals surface area contributed by atoms with E-state index in [1.807, 2.05) is 24.3 Å². The lowest BCUT2D eigenvalue weighted by Gasteiger charge is -2.26. The lowest BCUT2D eigenvalue weighted by molar-refractivity contribution is -0.128. The predicted molar refractivity (Wildman–Crippen MR) is 115 cm³/mol. The van der Waals surface area contributed by atoms with Crippen molar-refractivity contribution in [1.29, 1.82) is 0 Å². The zero-order valence-electron chi connectivity index (χ0n) is 17.6. The van der Waals surface area contributed by atoms with Gasteiger partial charge in [-0.25, -0.2) is 4.79 Å². The van der Waals surface area contributed by atoms with Crippen molar-refractivity contribution in [3.63, 3.8) is 0 Å². The summed E-state index contributed by atoms with van der Waals surface area (Å²) in [6.07, 6.45) is 3.46. The van der Waals surface area contributed by atoms with E-state index in [0.717, 1.165) is 24.8 Å². The maximum atomic E-state index is 12.7. The highest BCUT2D eigenvalue weighted by atomic mass is 16.5. The first-order chi connectivity index (χ1) is 15.0. The second-order valence-corrected chi connectivity index (χ2v) is 8.02. The molecule has 2 aliphatic rings. The summed E-state index contributed by atoms with van der Waals surface area (Å²) in [5, 5.41) is 5.80. The van der Waals surface area contributed by atoms with Crippen LogP contribution in [-0.2, 0) is 22.6 Å². The molecule has 2 atom stereocenters. The quantitative estimate of drug-likeness (QED) is 0.673. The minimum absolute atomic E-state index is 0.0119. The number of nitrogens with one attached hydrogen (secondary N) is 2. The number of amides is 4. The lowest BCUT2D eigenvalue weighted by Crippen LogP contribution is -2.34. The normalized spacial score (nSPS) is 20.2. The van der Waals surface area contributed by atoms with E-state index >= 15 is 0 Å². The summed E-state index contributed by atoms with van der Waals surface area (Å²) in [7, 11) is 1.58. The zero-order valence-corrected chi connectivity index (χ0v) is 17.6. The van der Waals surface area contributed by atoms with Gasteiger partial charge in [0.25, 0.3) is 5.91 Å². The number of urea groups is 1. The van der Waals surface area contributed by atoms with Crippen LogP contribution in [-0.4, -0.2) is 35.9 Å². The molecule has 2 aromatic rings. The SMILES string of the molecule is COc1ccc(CN2C(=O)N[C@H](CCC(=O)N[C@@H]3CCCc4ccccc43)C2=O)cc1. The summed E-state index contributed by atoms with van der Waals surface area (Å²) in [6, 6.07) is 14.3. The highest BCUT2D eigenvalue weighted by Gasteiger charge is 2.38. The monoisotopic (exact) mass is 421 g/mol. The molecule has 4 amide bonds. The smallest absolute Gasteiger partial charge is 0.325 e. The Kier molecular flexibility index (Phi) is 6.21. The average Bonchev–Trinajstić information content (AvgIpc) is 3.06. The number of methoxy groups -OCH3 is 1. The number of hydrogen-bond acceptors (Lipinski definition) is 4. The standard InChI is InChI=1S/C24H27N3O4/c1-31-18-11-9-16(10-12-18)15-27-23(29)21(26-24(27)30)13-14-22(28)25-20-8-4-6-17-5-2-3-7-19(17)20/h2-3,5,7,9-12,20-21H,4,6,8,13-15H2,1H3,(H,25,28)(H,26,30)/t20-,21-/m1/s1. The van der Waals surface area contributed by atoms with Crippen LogP contribution in [0.1, 0.15) is 48.4 Å². The number of hydrogen-bond donors (Lipinski definition) is 2. The Morgan fingerprint density at radius 3 is 2.71 bits per heavy atom. The molecule has 1 fully saturated rings. The average molecular weight is 421 g/mol. The molecular formula is C24H27N3O4. The number of ether oxygens (including phenoxy) is 1. The van der Waals surface area contributed by atoms with E-state index in [1.165, 1.54) is 16.0 Å². The molecule has 2 N–H and O–H groups in total. The fourth-order valence-corrected chi connectivity index (χ4v) is 4.28. The summed E-state index contributed by atoms with van der Waals surface area (Å²) in [5.74, 6) is 0.319. The molecule has 1 heterocycles. The van der Waals surface area contributed by atoms with Gasteiger partial charge >= 0.3 is 6.03 Å². The van der Waals surface area contributed by atoms with Crippen LogP contribution in [0, 0.1) is 0 Å². The molecule has 4 rings (SSSR count). The maximum Gasteiger partial charge on any atom is 0.325 e. The largest absolute Gasteiger partial charge is 0.497 e. The molecule has 31 heavy (non-hydrogen) atoms. The van der Waals surface area contributed by atoms with E-state index in [9.17, 15) is 14.4 Å². The number of aryl methyl sites for hydroxylation is 1. The van der Waals surface area contributed by atoms with Crippen LogP contribution in [0.4, 0.5) is 4.79 Å². The maximum absolute atomic E-state index is 12.7. The summed E-state index contributed by atoms with van der Waals surface area (Å²) in [5.41, 5.74) is 3.29. The van der Waals surface area contributed by atoms with E-state index in [2.05, 4.69) is 22.8 Å². The minimum atomic E-state index is -0.671. The number of carbonyl (C=O) groups is 3. The van der Waals surface area contributed by atoms with Crippen LogP contribution in [0.25, 0.3) is 0 Å². The van der Waals surface area contributed by atoms with Gasteiger partial charge in [-0.15, -0.1) is 0 Å². The zero-order chi connectivity index (χ0) is 21.8. The van der Waals surface area contributed by atoms with Crippen molar-refractivity contribution in [3.8, 4) is 5.75 Å². The third kappa shape index (κ3) is 4.71. The van der Waals surface area contributed by atoms with Crippen LogP contribution < -0.4 is 15.4 Å². The highest BCUT2D eigenvalue weighted by Crippen LogP contribution is 2.29. The molecule has 162 valence electrons. The summed E-state index contributed by atoms with van der Waals surface area (Å²) in [6.45, 7) is 0.191. The second-order valence-electron chi connectivity index (χ2n) is 8.02. The molecule has 0 saturated carbocycles. The third-order valence-corrected chi connectivity index (χ3v) is 5.97. The molecule has 0 radical (unpaired) electrons. The fraction of sp³-hybridized carbons (Fsp3) is 0.375. The number of rotatable bonds is 7. The number of carbonyl (C=O) groups excluding carboxylic acids is 3. The van der Waals surface area contributed by atoms with Gasteiger partial charge in [0.15, 0.2) is 0 Å². The Hall–Kier alpha value is -3.35. The van der Waals surface area contributed by atoms with Gasteiger partial charge in [-0.3, -0.25) is 14.5 Å². The van der Waals surface area contributed by atoms with Gasteiger partial charge in [-0.05, 0) is 54.5 Å². The van der Waals surface area contributed by atoms with Crippen molar-refractivity contribution < 1.29 is 19.1 Å². The first-order valence-corrected chi connectivity index (χ1v) is 10.7. The van der Waals surface area contributed by atoms with Gasteiger partial charge in [-0.2, -0.15) is 0 Å². The van der Waals surface area contributed by atoms with Gasteiger partial charge < -0.3 is 15.4 Å².